The second-order valence-electron chi connectivity index (χ2n) is 7.15. The van der Waals surface area contributed by atoms with Gasteiger partial charge in [0, 0.05) is 17.7 Å². The quantitative estimate of drug-likeness (QED) is 0.599. The topological polar surface area (TPSA) is 67.9 Å². The normalized spacial score (nSPS) is 12.8. The summed E-state index contributed by atoms with van der Waals surface area (Å²) in [6.07, 6.45) is 0.349. The van der Waals surface area contributed by atoms with Crippen LogP contribution in [0.15, 0.2) is 72.8 Å². The summed E-state index contributed by atoms with van der Waals surface area (Å²) in [7, 11) is 0. The van der Waals surface area contributed by atoms with Gasteiger partial charge in [-0.2, -0.15) is 8.78 Å². The number of para-hydroxylation sites is 2. The van der Waals surface area contributed by atoms with Crippen LogP contribution < -0.4 is 19.7 Å². The minimum atomic E-state index is -2.96. The van der Waals surface area contributed by atoms with Crippen LogP contribution in [0.1, 0.15) is 11.1 Å². The molecule has 0 atom stereocenters. The van der Waals surface area contributed by atoms with Gasteiger partial charge in [0.2, 0.25) is 5.91 Å². The Hall–Kier alpha value is -3.94. The molecule has 1 N–H and O–H groups in total. The van der Waals surface area contributed by atoms with Gasteiger partial charge in [-0.3, -0.25) is 14.5 Å². The Morgan fingerprint density at radius 1 is 1.06 bits per heavy atom. The number of anilines is 2. The van der Waals surface area contributed by atoms with Crippen molar-refractivity contribution in [1.29, 1.82) is 0 Å². The number of benzene rings is 3. The molecule has 2 amide bonds. The van der Waals surface area contributed by atoms with Crippen molar-refractivity contribution >= 4 is 23.2 Å². The second-order valence-corrected chi connectivity index (χ2v) is 7.15. The number of hydrogen-bond acceptors (Lipinski definition) is 4. The summed E-state index contributed by atoms with van der Waals surface area (Å²) in [5.74, 6) is -0.190. The summed E-state index contributed by atoms with van der Waals surface area (Å²) in [5, 5.41) is 2.73. The van der Waals surface area contributed by atoms with Crippen LogP contribution in [0.25, 0.3) is 0 Å². The number of halogens is 2. The number of rotatable bonds is 7. The van der Waals surface area contributed by atoms with Gasteiger partial charge in [0.05, 0.1) is 5.69 Å². The highest BCUT2D eigenvalue weighted by Gasteiger charge is 2.27. The number of nitrogens with zero attached hydrogens (tertiary/aromatic N) is 1. The maximum absolute atomic E-state index is 12.8. The smallest absolute Gasteiger partial charge is 0.387 e. The first kappa shape index (κ1) is 21.3. The lowest BCUT2D eigenvalue weighted by Gasteiger charge is -2.28. The van der Waals surface area contributed by atoms with E-state index in [0.717, 1.165) is 5.56 Å². The summed E-state index contributed by atoms with van der Waals surface area (Å²) in [5.41, 5.74) is 2.34. The van der Waals surface area contributed by atoms with Gasteiger partial charge in [-0.25, -0.2) is 0 Å². The largest absolute Gasteiger partial charge is 0.482 e. The SMILES string of the molecule is O=C(CN1C(=O)COc2ccccc21)Nc1ccc(OC(F)F)c(Cc2ccccc2)c1. The third-order valence-electron chi connectivity index (χ3n) is 4.91. The number of amides is 2. The van der Waals surface area contributed by atoms with Crippen molar-refractivity contribution in [3.05, 3.63) is 83.9 Å². The highest BCUT2D eigenvalue weighted by molar-refractivity contribution is 6.05. The molecule has 0 radical (unpaired) electrons. The average molecular weight is 438 g/mol. The molecule has 0 spiro atoms. The Kier molecular flexibility index (Phi) is 6.30. The van der Waals surface area contributed by atoms with Crippen molar-refractivity contribution < 1.29 is 27.8 Å². The standard InChI is InChI=1S/C24H20F2N2O4/c25-24(26)32-20-11-10-18(13-17(20)12-16-6-2-1-3-7-16)27-22(29)14-28-19-8-4-5-9-21(19)31-15-23(28)30/h1-11,13,24H,12,14-15H2,(H,27,29). The van der Waals surface area contributed by atoms with E-state index in [1.54, 1.807) is 30.3 Å². The van der Waals surface area contributed by atoms with Gasteiger partial charge in [0.25, 0.3) is 5.91 Å². The summed E-state index contributed by atoms with van der Waals surface area (Å²) in [6, 6.07) is 20.8. The van der Waals surface area contributed by atoms with Gasteiger partial charge in [-0.15, -0.1) is 0 Å². The molecular weight excluding hydrogens is 418 g/mol. The monoisotopic (exact) mass is 438 g/mol. The number of alkyl halides is 2. The minimum absolute atomic E-state index is 0.0409. The third-order valence-corrected chi connectivity index (χ3v) is 4.91. The van der Waals surface area contributed by atoms with Crippen LogP contribution in [0.4, 0.5) is 20.2 Å². The zero-order chi connectivity index (χ0) is 22.5. The van der Waals surface area contributed by atoms with Crippen LogP contribution in [0.3, 0.4) is 0 Å². The van der Waals surface area contributed by atoms with Crippen LogP contribution in [-0.2, 0) is 16.0 Å². The molecule has 164 valence electrons. The van der Waals surface area contributed by atoms with Gasteiger partial charge < -0.3 is 14.8 Å². The molecule has 4 rings (SSSR count). The number of ether oxygens (including phenoxy) is 2. The zero-order valence-corrected chi connectivity index (χ0v) is 17.0. The van der Waals surface area contributed by atoms with Crippen molar-refractivity contribution in [3.8, 4) is 11.5 Å². The van der Waals surface area contributed by atoms with Crippen LogP contribution in [-0.4, -0.2) is 31.6 Å². The molecule has 0 fully saturated rings. The van der Waals surface area contributed by atoms with E-state index >= 15 is 0 Å². The first-order valence-electron chi connectivity index (χ1n) is 9.93. The molecule has 0 saturated heterocycles. The molecule has 0 aromatic heterocycles. The molecule has 0 aliphatic carbocycles. The lowest BCUT2D eigenvalue weighted by atomic mass is 10.0. The van der Waals surface area contributed by atoms with E-state index < -0.39 is 12.5 Å². The van der Waals surface area contributed by atoms with Crippen molar-refractivity contribution in [1.82, 2.24) is 0 Å². The summed E-state index contributed by atoms with van der Waals surface area (Å²) in [6.45, 7) is -3.31. The molecule has 6 nitrogen and oxygen atoms in total. The first-order chi connectivity index (χ1) is 15.5. The Bertz CT molecular complexity index is 1120. The van der Waals surface area contributed by atoms with Crippen molar-refractivity contribution in [3.63, 3.8) is 0 Å². The maximum atomic E-state index is 12.8. The highest BCUT2D eigenvalue weighted by Crippen LogP contribution is 2.31. The fourth-order valence-corrected chi connectivity index (χ4v) is 3.49. The van der Waals surface area contributed by atoms with Gasteiger partial charge in [-0.05, 0) is 35.9 Å². The molecule has 3 aromatic rings. The molecule has 0 saturated carbocycles. The Balaban J connectivity index is 1.52. The molecular formula is C24H20F2N2O4. The van der Waals surface area contributed by atoms with E-state index in [0.29, 0.717) is 29.1 Å². The number of carbonyl (C=O) groups excluding carboxylic acids is 2. The van der Waals surface area contributed by atoms with E-state index in [1.807, 2.05) is 30.3 Å². The zero-order valence-electron chi connectivity index (χ0n) is 17.0. The Labute approximate surface area is 183 Å². The molecule has 0 bridgehead atoms. The van der Waals surface area contributed by atoms with Gasteiger partial charge in [0.15, 0.2) is 6.61 Å². The number of nitrogens with one attached hydrogen (secondary N) is 1. The molecule has 1 heterocycles. The molecule has 1 aliphatic rings. The molecule has 3 aromatic carbocycles. The molecule has 32 heavy (non-hydrogen) atoms. The lowest BCUT2D eigenvalue weighted by Crippen LogP contribution is -2.43. The van der Waals surface area contributed by atoms with Gasteiger partial charge in [0.1, 0.15) is 18.0 Å². The Morgan fingerprint density at radius 2 is 1.81 bits per heavy atom. The van der Waals surface area contributed by atoms with Crippen molar-refractivity contribution in [2.75, 3.05) is 23.4 Å². The minimum Gasteiger partial charge on any atom is -0.482 e. The highest BCUT2D eigenvalue weighted by atomic mass is 19.3. The molecule has 8 heteroatoms. The fraction of sp³-hybridized carbons (Fsp3) is 0.167. The number of fused-ring (bicyclic) bond motifs is 1. The summed E-state index contributed by atoms with van der Waals surface area (Å²) < 4.78 is 35.7. The lowest BCUT2D eigenvalue weighted by molar-refractivity contribution is -0.123. The predicted octanol–water partition coefficient (Wildman–Crippen LogP) is 4.24. The van der Waals surface area contributed by atoms with Crippen molar-refractivity contribution in [2.45, 2.75) is 13.0 Å². The number of carbonyl (C=O) groups is 2. The van der Waals surface area contributed by atoms with Crippen molar-refractivity contribution in [2.24, 2.45) is 0 Å². The summed E-state index contributed by atoms with van der Waals surface area (Å²) in [4.78, 5) is 26.3. The van der Waals surface area contributed by atoms with E-state index in [-0.39, 0.29) is 24.8 Å². The van der Waals surface area contributed by atoms with Crippen LogP contribution in [0, 0.1) is 0 Å². The third kappa shape index (κ3) is 5.03. The van der Waals surface area contributed by atoms with Crippen LogP contribution >= 0.6 is 0 Å². The average Bonchev–Trinajstić information content (AvgIpc) is 2.78. The Morgan fingerprint density at radius 3 is 2.59 bits per heavy atom. The van der Waals surface area contributed by atoms with E-state index in [9.17, 15) is 18.4 Å². The maximum Gasteiger partial charge on any atom is 0.387 e. The van der Waals surface area contributed by atoms with Crippen LogP contribution in [0.2, 0.25) is 0 Å². The molecule has 1 aliphatic heterocycles. The van der Waals surface area contributed by atoms with E-state index in [2.05, 4.69) is 10.1 Å². The summed E-state index contributed by atoms with van der Waals surface area (Å²) >= 11 is 0. The predicted molar refractivity (Wildman–Crippen MR) is 115 cm³/mol. The number of hydrogen-bond donors (Lipinski definition) is 1. The fourth-order valence-electron chi connectivity index (χ4n) is 3.49. The van der Waals surface area contributed by atoms with E-state index in [4.69, 9.17) is 4.74 Å². The second kappa shape index (κ2) is 9.47. The first-order valence-corrected chi connectivity index (χ1v) is 9.93. The van der Waals surface area contributed by atoms with Crippen LogP contribution in [0.5, 0.6) is 11.5 Å². The van der Waals surface area contributed by atoms with Gasteiger partial charge >= 0.3 is 6.61 Å². The van der Waals surface area contributed by atoms with E-state index in [1.165, 1.54) is 17.0 Å². The van der Waals surface area contributed by atoms with Gasteiger partial charge in [-0.1, -0.05) is 42.5 Å². The molecule has 0 unspecified atom stereocenters.